The van der Waals surface area contributed by atoms with E-state index >= 15 is 0 Å². The van der Waals surface area contributed by atoms with E-state index in [1.807, 2.05) is 0 Å². The van der Waals surface area contributed by atoms with Gasteiger partial charge in [-0.05, 0) is 12.1 Å². The normalized spacial score (nSPS) is 11.5. The molecular formula is C8H5BrF3NO2. The maximum Gasteiger partial charge on any atom is 0.416 e. The zero-order valence-electron chi connectivity index (χ0n) is 7.21. The molecule has 7 heteroatoms. The summed E-state index contributed by atoms with van der Waals surface area (Å²) in [7, 11) is 0. The van der Waals surface area contributed by atoms with E-state index < -0.39 is 23.2 Å². The van der Waals surface area contributed by atoms with Crippen LogP contribution in [0.25, 0.3) is 0 Å². The molecule has 0 spiro atoms. The molecule has 0 amide bonds. The van der Waals surface area contributed by atoms with Gasteiger partial charge in [0.2, 0.25) is 6.54 Å². The molecule has 0 fully saturated rings. The lowest BCUT2D eigenvalue weighted by molar-refractivity contribution is -0.497. The molecular weight excluding hydrogens is 279 g/mol. The van der Waals surface area contributed by atoms with Crippen molar-refractivity contribution in [3.63, 3.8) is 0 Å². The highest BCUT2D eigenvalue weighted by atomic mass is 79.9. The number of nitrogens with zero attached hydrogens (tertiary/aromatic N) is 1. The second-order valence-electron chi connectivity index (χ2n) is 2.79. The van der Waals surface area contributed by atoms with E-state index in [-0.39, 0.29) is 10.0 Å². The van der Waals surface area contributed by atoms with Crippen LogP contribution >= 0.6 is 15.9 Å². The Morgan fingerprint density at radius 1 is 1.40 bits per heavy atom. The molecule has 0 aliphatic rings. The van der Waals surface area contributed by atoms with Crippen molar-refractivity contribution in [2.24, 2.45) is 0 Å². The monoisotopic (exact) mass is 283 g/mol. The van der Waals surface area contributed by atoms with Crippen molar-refractivity contribution in [1.82, 2.24) is 0 Å². The summed E-state index contributed by atoms with van der Waals surface area (Å²) in [6, 6.07) is 2.75. The van der Waals surface area contributed by atoms with Gasteiger partial charge < -0.3 is 0 Å². The summed E-state index contributed by atoms with van der Waals surface area (Å²) in [6.07, 6.45) is -4.43. The first-order valence-corrected chi connectivity index (χ1v) is 4.57. The lowest BCUT2D eigenvalue weighted by Crippen LogP contribution is -2.06. The topological polar surface area (TPSA) is 43.1 Å². The minimum absolute atomic E-state index is 0.0917. The van der Waals surface area contributed by atoms with Crippen molar-refractivity contribution in [2.45, 2.75) is 12.7 Å². The highest BCUT2D eigenvalue weighted by Crippen LogP contribution is 2.32. The van der Waals surface area contributed by atoms with Crippen molar-refractivity contribution >= 4 is 15.9 Å². The van der Waals surface area contributed by atoms with Crippen LogP contribution in [0.2, 0.25) is 0 Å². The van der Waals surface area contributed by atoms with E-state index in [0.717, 1.165) is 18.2 Å². The summed E-state index contributed by atoms with van der Waals surface area (Å²) in [5.41, 5.74) is -0.616. The molecule has 0 aromatic heterocycles. The Balaban J connectivity index is 3.03. The Bertz CT molecular complexity index is 392. The molecule has 1 rings (SSSR count). The van der Waals surface area contributed by atoms with E-state index in [1.165, 1.54) is 0 Å². The number of hydrogen-bond acceptors (Lipinski definition) is 2. The molecule has 0 saturated carbocycles. The Hall–Kier alpha value is -1.11. The van der Waals surface area contributed by atoms with Gasteiger partial charge in [0.15, 0.2) is 0 Å². The first kappa shape index (κ1) is 12.0. The van der Waals surface area contributed by atoms with Crippen LogP contribution in [0.4, 0.5) is 13.2 Å². The van der Waals surface area contributed by atoms with Gasteiger partial charge in [0.25, 0.3) is 0 Å². The van der Waals surface area contributed by atoms with E-state index in [1.54, 1.807) is 0 Å². The predicted molar refractivity (Wildman–Crippen MR) is 49.8 cm³/mol. The van der Waals surface area contributed by atoms with Gasteiger partial charge in [0.05, 0.1) is 5.56 Å². The maximum absolute atomic E-state index is 12.2. The molecule has 3 nitrogen and oxygen atoms in total. The molecule has 0 N–H and O–H groups in total. The molecule has 0 saturated heterocycles. The van der Waals surface area contributed by atoms with E-state index in [2.05, 4.69) is 15.9 Å². The Labute approximate surface area is 91.2 Å². The lowest BCUT2D eigenvalue weighted by Gasteiger charge is -2.08. The van der Waals surface area contributed by atoms with Crippen molar-refractivity contribution < 1.29 is 18.1 Å². The predicted octanol–water partition coefficient (Wildman–Crippen LogP) is 3.24. The molecule has 15 heavy (non-hydrogen) atoms. The van der Waals surface area contributed by atoms with Gasteiger partial charge in [0, 0.05) is 15.0 Å². The van der Waals surface area contributed by atoms with Crippen molar-refractivity contribution in [3.8, 4) is 0 Å². The van der Waals surface area contributed by atoms with Crippen LogP contribution < -0.4 is 0 Å². The fraction of sp³-hybridized carbons (Fsp3) is 0.250. The van der Waals surface area contributed by atoms with Crippen molar-refractivity contribution in [3.05, 3.63) is 43.9 Å². The lowest BCUT2D eigenvalue weighted by atomic mass is 10.1. The minimum Gasteiger partial charge on any atom is -0.264 e. The van der Waals surface area contributed by atoms with Gasteiger partial charge in [0.1, 0.15) is 0 Å². The number of nitro groups is 1. The van der Waals surface area contributed by atoms with Crippen LogP contribution in [0.15, 0.2) is 22.7 Å². The van der Waals surface area contributed by atoms with Crippen LogP contribution in [-0.4, -0.2) is 4.92 Å². The van der Waals surface area contributed by atoms with Crippen LogP contribution in [0, 0.1) is 10.1 Å². The fourth-order valence-electron chi connectivity index (χ4n) is 0.991. The molecule has 0 heterocycles. The van der Waals surface area contributed by atoms with Gasteiger partial charge in [-0.2, -0.15) is 13.2 Å². The Kier molecular flexibility index (Phi) is 3.33. The third-order valence-corrected chi connectivity index (χ3v) is 2.42. The molecule has 1 aromatic carbocycles. The third-order valence-electron chi connectivity index (χ3n) is 1.68. The fourth-order valence-corrected chi connectivity index (χ4v) is 1.50. The molecule has 82 valence electrons. The standard InChI is InChI=1S/C8H5BrF3NO2/c9-7-3-6(8(10,11)12)2-1-5(7)4-13(14)15/h1-3H,4H2. The summed E-state index contributed by atoms with van der Waals surface area (Å²) in [5.74, 6) is 0. The van der Waals surface area contributed by atoms with Gasteiger partial charge >= 0.3 is 6.18 Å². The molecule has 0 atom stereocenters. The van der Waals surface area contributed by atoms with E-state index in [0.29, 0.717) is 0 Å². The Morgan fingerprint density at radius 2 is 2.00 bits per heavy atom. The largest absolute Gasteiger partial charge is 0.416 e. The molecule has 0 unspecified atom stereocenters. The van der Waals surface area contributed by atoms with Gasteiger partial charge in [-0.1, -0.05) is 22.0 Å². The molecule has 0 aliphatic carbocycles. The molecule has 0 aliphatic heterocycles. The van der Waals surface area contributed by atoms with Crippen LogP contribution in [0.5, 0.6) is 0 Å². The second kappa shape index (κ2) is 4.18. The highest BCUT2D eigenvalue weighted by molar-refractivity contribution is 9.10. The summed E-state index contributed by atoms with van der Waals surface area (Å²) >= 11 is 2.86. The summed E-state index contributed by atoms with van der Waals surface area (Å²) in [5, 5.41) is 10.2. The van der Waals surface area contributed by atoms with Crippen molar-refractivity contribution in [2.75, 3.05) is 0 Å². The van der Waals surface area contributed by atoms with Crippen molar-refractivity contribution in [1.29, 1.82) is 0 Å². The van der Waals surface area contributed by atoms with Gasteiger partial charge in [-0.3, -0.25) is 10.1 Å². The first-order chi connectivity index (χ1) is 6.80. The summed E-state index contributed by atoms with van der Waals surface area (Å²) in [6.45, 7) is -0.501. The maximum atomic E-state index is 12.2. The van der Waals surface area contributed by atoms with Gasteiger partial charge in [-0.15, -0.1) is 0 Å². The average Bonchev–Trinajstić information content (AvgIpc) is 2.05. The highest BCUT2D eigenvalue weighted by Gasteiger charge is 2.30. The van der Waals surface area contributed by atoms with E-state index in [4.69, 9.17) is 0 Å². The average molecular weight is 284 g/mol. The number of halogens is 4. The first-order valence-electron chi connectivity index (χ1n) is 3.78. The van der Waals surface area contributed by atoms with E-state index in [9.17, 15) is 23.3 Å². The van der Waals surface area contributed by atoms with Crippen LogP contribution in [0.1, 0.15) is 11.1 Å². The van der Waals surface area contributed by atoms with Gasteiger partial charge in [-0.25, -0.2) is 0 Å². The second-order valence-corrected chi connectivity index (χ2v) is 3.65. The zero-order valence-corrected chi connectivity index (χ0v) is 8.80. The minimum atomic E-state index is -4.43. The summed E-state index contributed by atoms with van der Waals surface area (Å²) in [4.78, 5) is 9.56. The summed E-state index contributed by atoms with van der Waals surface area (Å²) < 4.78 is 36.7. The molecule has 0 radical (unpaired) electrons. The third kappa shape index (κ3) is 3.19. The molecule has 1 aromatic rings. The smallest absolute Gasteiger partial charge is 0.264 e. The van der Waals surface area contributed by atoms with Crippen LogP contribution in [0.3, 0.4) is 0 Å². The van der Waals surface area contributed by atoms with Crippen LogP contribution in [-0.2, 0) is 12.7 Å². The molecule has 0 bridgehead atoms. The zero-order chi connectivity index (χ0) is 11.6. The quantitative estimate of drug-likeness (QED) is 0.618. The Morgan fingerprint density at radius 3 is 2.40 bits per heavy atom. The number of hydrogen-bond donors (Lipinski definition) is 0. The number of alkyl halides is 3. The number of rotatable bonds is 2. The SMILES string of the molecule is O=[N+]([O-])Cc1ccc(C(F)(F)F)cc1Br. The number of benzene rings is 1.